The summed E-state index contributed by atoms with van der Waals surface area (Å²) in [6, 6.07) is 7.38. The summed E-state index contributed by atoms with van der Waals surface area (Å²) in [5, 5.41) is 13.4. The minimum atomic E-state index is -4.51. The van der Waals surface area contributed by atoms with Crippen LogP contribution in [0.1, 0.15) is 21.5 Å². The van der Waals surface area contributed by atoms with E-state index >= 15 is 0 Å². The van der Waals surface area contributed by atoms with Gasteiger partial charge in [0.2, 0.25) is 0 Å². The van der Waals surface area contributed by atoms with E-state index in [1.807, 2.05) is 45.2 Å². The van der Waals surface area contributed by atoms with Crippen LogP contribution in [0.2, 0.25) is 0 Å². The Morgan fingerprint density at radius 1 is 1.17 bits per heavy atom. The molecule has 9 heteroatoms. The van der Waals surface area contributed by atoms with Gasteiger partial charge < -0.3 is 5.11 Å². The van der Waals surface area contributed by atoms with E-state index in [2.05, 4.69) is 10.5 Å². The van der Waals surface area contributed by atoms with Gasteiger partial charge in [-0.1, -0.05) is 6.07 Å². The largest absolute Gasteiger partial charge is 0.506 e. The first-order valence-electron chi connectivity index (χ1n) is 6.37. The Balaban J connectivity index is 2.11. The molecule has 0 saturated carbocycles. The van der Waals surface area contributed by atoms with Crippen molar-refractivity contribution in [2.75, 3.05) is 0 Å². The topological polar surface area (TPSA) is 61.7 Å². The van der Waals surface area contributed by atoms with Gasteiger partial charge in [0, 0.05) is 5.56 Å². The van der Waals surface area contributed by atoms with Gasteiger partial charge in [0.05, 0.1) is 18.9 Å². The monoisotopic (exact) mass is 560 g/mol. The number of aromatic hydroxyl groups is 1. The fourth-order valence-electron chi connectivity index (χ4n) is 1.73. The molecule has 4 nitrogen and oxygen atoms in total. The quantitative estimate of drug-likeness (QED) is 0.333. The lowest BCUT2D eigenvalue weighted by atomic mass is 10.1. The molecule has 0 bridgehead atoms. The molecule has 2 aromatic rings. The molecule has 0 radical (unpaired) electrons. The molecule has 1 amide bonds. The van der Waals surface area contributed by atoms with Crippen LogP contribution in [-0.4, -0.2) is 17.2 Å². The zero-order chi connectivity index (χ0) is 17.9. The van der Waals surface area contributed by atoms with Gasteiger partial charge in [-0.3, -0.25) is 4.79 Å². The van der Waals surface area contributed by atoms with Crippen LogP contribution < -0.4 is 5.43 Å². The second-order valence-electron chi connectivity index (χ2n) is 4.61. The third kappa shape index (κ3) is 4.82. The van der Waals surface area contributed by atoms with Crippen LogP contribution in [0.25, 0.3) is 0 Å². The third-order valence-electron chi connectivity index (χ3n) is 2.87. The lowest BCUT2D eigenvalue weighted by Crippen LogP contribution is -2.18. The number of rotatable bonds is 3. The zero-order valence-electron chi connectivity index (χ0n) is 11.7. The number of nitrogens with zero attached hydrogens (tertiary/aromatic N) is 1. The van der Waals surface area contributed by atoms with Crippen LogP contribution >= 0.6 is 45.2 Å². The van der Waals surface area contributed by atoms with Gasteiger partial charge in [0.1, 0.15) is 5.75 Å². The van der Waals surface area contributed by atoms with Gasteiger partial charge in [-0.05, 0) is 81.1 Å². The Morgan fingerprint density at radius 3 is 2.38 bits per heavy atom. The van der Waals surface area contributed by atoms with Gasteiger partial charge in [-0.2, -0.15) is 18.3 Å². The molecule has 126 valence electrons. The molecule has 0 spiro atoms. The normalized spacial score (nSPS) is 11.7. The summed E-state index contributed by atoms with van der Waals surface area (Å²) >= 11 is 3.90. The van der Waals surface area contributed by atoms with Crippen molar-refractivity contribution in [1.29, 1.82) is 0 Å². The van der Waals surface area contributed by atoms with Crippen LogP contribution in [0.4, 0.5) is 13.2 Å². The summed E-state index contributed by atoms with van der Waals surface area (Å²) in [6.07, 6.45) is -3.17. The Morgan fingerprint density at radius 2 is 1.79 bits per heavy atom. The molecule has 0 saturated heterocycles. The second kappa shape index (κ2) is 7.68. The maximum atomic E-state index is 12.6. The first-order valence-corrected chi connectivity index (χ1v) is 8.53. The highest BCUT2D eigenvalue weighted by atomic mass is 127. The highest BCUT2D eigenvalue weighted by molar-refractivity contribution is 14.1. The molecule has 0 atom stereocenters. The van der Waals surface area contributed by atoms with Crippen molar-refractivity contribution in [3.05, 3.63) is 60.2 Å². The van der Waals surface area contributed by atoms with Crippen molar-refractivity contribution < 1.29 is 23.1 Å². The molecule has 0 fully saturated rings. The van der Waals surface area contributed by atoms with Crippen molar-refractivity contribution in [3.63, 3.8) is 0 Å². The molecule has 0 aliphatic heterocycles. The number of hydrogen-bond acceptors (Lipinski definition) is 3. The second-order valence-corrected chi connectivity index (χ2v) is 6.94. The molecule has 2 aromatic carbocycles. The van der Waals surface area contributed by atoms with Crippen LogP contribution in [0.15, 0.2) is 41.5 Å². The third-order valence-corrected chi connectivity index (χ3v) is 4.52. The fraction of sp³-hybridized carbons (Fsp3) is 0.0667. The number of nitrogens with one attached hydrogen (secondary N) is 1. The van der Waals surface area contributed by atoms with E-state index in [-0.39, 0.29) is 11.3 Å². The molecule has 0 aliphatic rings. The van der Waals surface area contributed by atoms with E-state index in [1.165, 1.54) is 12.3 Å². The summed E-state index contributed by atoms with van der Waals surface area (Å²) in [7, 11) is 0. The number of hydrogen-bond donors (Lipinski definition) is 2. The van der Waals surface area contributed by atoms with E-state index in [9.17, 15) is 23.1 Å². The minimum absolute atomic E-state index is 0.142. The van der Waals surface area contributed by atoms with E-state index < -0.39 is 17.6 Å². The van der Waals surface area contributed by atoms with Gasteiger partial charge in [-0.15, -0.1) is 0 Å². The van der Waals surface area contributed by atoms with Crippen LogP contribution in [0.3, 0.4) is 0 Å². The highest BCUT2D eigenvalue weighted by Gasteiger charge is 2.30. The van der Waals surface area contributed by atoms with Crippen LogP contribution in [-0.2, 0) is 6.18 Å². The molecule has 2 rings (SSSR count). The summed E-state index contributed by atoms with van der Waals surface area (Å²) in [5.74, 6) is -0.595. The predicted molar refractivity (Wildman–Crippen MR) is 100 cm³/mol. The smallest absolute Gasteiger partial charge is 0.416 e. The van der Waals surface area contributed by atoms with Gasteiger partial charge in [-0.25, -0.2) is 5.43 Å². The van der Waals surface area contributed by atoms with Crippen molar-refractivity contribution in [2.24, 2.45) is 5.10 Å². The number of carbonyl (C=O) groups excluding carboxylic acids is 1. The average molecular weight is 560 g/mol. The fourth-order valence-corrected chi connectivity index (χ4v) is 3.54. The molecule has 0 aromatic heterocycles. The number of carbonyl (C=O) groups is 1. The summed E-state index contributed by atoms with van der Waals surface area (Å²) in [4.78, 5) is 11.9. The number of amides is 1. The number of phenols is 1. The first kappa shape index (κ1) is 19.0. The van der Waals surface area contributed by atoms with Crippen molar-refractivity contribution in [3.8, 4) is 5.75 Å². The molecule has 0 unspecified atom stereocenters. The van der Waals surface area contributed by atoms with Crippen molar-refractivity contribution >= 4 is 57.3 Å². The summed E-state index contributed by atoms with van der Waals surface area (Å²) in [6.45, 7) is 0. The van der Waals surface area contributed by atoms with Gasteiger partial charge in [0.25, 0.3) is 5.91 Å². The molecule has 0 aliphatic carbocycles. The summed E-state index contributed by atoms with van der Waals surface area (Å²) in [5.41, 5.74) is 1.76. The van der Waals surface area contributed by atoms with E-state index in [4.69, 9.17) is 0 Å². The van der Waals surface area contributed by atoms with Crippen molar-refractivity contribution in [1.82, 2.24) is 5.43 Å². The predicted octanol–water partition coefficient (Wildman–Crippen LogP) is 4.38. The van der Waals surface area contributed by atoms with Crippen molar-refractivity contribution in [2.45, 2.75) is 6.18 Å². The lowest BCUT2D eigenvalue weighted by molar-refractivity contribution is -0.137. The molecular formula is C15H9F3I2N2O2. The number of hydrazone groups is 1. The highest BCUT2D eigenvalue weighted by Crippen LogP contribution is 2.29. The Labute approximate surface area is 162 Å². The SMILES string of the molecule is O=C(N/N=C\c1cc(I)c(O)c(I)c1)c1cccc(C(F)(F)F)c1. The van der Waals surface area contributed by atoms with E-state index in [1.54, 1.807) is 12.1 Å². The maximum Gasteiger partial charge on any atom is 0.416 e. The minimum Gasteiger partial charge on any atom is -0.506 e. The standard InChI is InChI=1S/C15H9F3I2N2O2/c16-15(17,18)10-3-1-2-9(6-10)14(24)22-21-7-8-4-11(19)13(23)12(20)5-8/h1-7,23H,(H,22,24)/b21-7-. The van der Waals surface area contributed by atoms with Crippen LogP contribution in [0, 0.1) is 7.14 Å². The van der Waals surface area contributed by atoms with E-state index in [0.717, 1.165) is 18.2 Å². The zero-order valence-corrected chi connectivity index (χ0v) is 16.0. The van der Waals surface area contributed by atoms with Gasteiger partial charge >= 0.3 is 6.18 Å². The van der Waals surface area contributed by atoms with E-state index in [0.29, 0.717) is 12.7 Å². The Bertz CT molecular complexity index is 785. The van der Waals surface area contributed by atoms with Gasteiger partial charge in [0.15, 0.2) is 0 Å². The number of alkyl halides is 3. The molecule has 2 N–H and O–H groups in total. The Kier molecular flexibility index (Phi) is 6.06. The average Bonchev–Trinajstić information content (AvgIpc) is 2.51. The number of phenolic OH excluding ortho intramolecular Hbond substituents is 1. The maximum absolute atomic E-state index is 12.6. The molecule has 0 heterocycles. The van der Waals surface area contributed by atoms with Crippen LogP contribution in [0.5, 0.6) is 5.75 Å². The first-order chi connectivity index (χ1) is 11.2. The Hall–Kier alpha value is -1.37. The lowest BCUT2D eigenvalue weighted by Gasteiger charge is -2.07. The molecule has 24 heavy (non-hydrogen) atoms. The number of halogens is 5. The molecular weight excluding hydrogens is 551 g/mol. The number of benzene rings is 2. The summed E-state index contributed by atoms with van der Waals surface area (Å²) < 4.78 is 39.1.